The first-order chi connectivity index (χ1) is 7.09. The van der Waals surface area contributed by atoms with Crippen LogP contribution in [0.4, 0.5) is 0 Å². The molecule has 0 radical (unpaired) electrons. The summed E-state index contributed by atoms with van der Waals surface area (Å²) in [7, 11) is -0.806. The first-order valence-corrected chi connectivity index (χ1v) is 6.66. The van der Waals surface area contributed by atoms with E-state index in [1.54, 1.807) is 6.26 Å². The molecule has 0 aromatic carbocycles. The quantitative estimate of drug-likeness (QED) is 0.597. The average Bonchev–Trinajstić information content (AvgIpc) is 2.59. The molecule has 1 fully saturated rings. The predicted molar refractivity (Wildman–Crippen MR) is 57.7 cm³/mol. The van der Waals surface area contributed by atoms with Gasteiger partial charge in [0.05, 0.1) is 5.92 Å². The second kappa shape index (κ2) is 5.85. The molecule has 0 saturated carbocycles. The van der Waals surface area contributed by atoms with Crippen molar-refractivity contribution >= 4 is 22.6 Å². The number of nitrogens with one attached hydrogen (secondary N) is 2. The Kier molecular flexibility index (Phi) is 4.74. The van der Waals surface area contributed by atoms with Crippen molar-refractivity contribution in [1.82, 2.24) is 10.6 Å². The Morgan fingerprint density at radius 2 is 2.40 bits per heavy atom. The molecule has 2 unspecified atom stereocenters. The Bertz CT molecular complexity index is 281. The summed E-state index contributed by atoms with van der Waals surface area (Å²) < 4.78 is 10.7. The molecule has 2 atom stereocenters. The summed E-state index contributed by atoms with van der Waals surface area (Å²) >= 11 is 0. The maximum absolute atomic E-state index is 11.5. The minimum atomic E-state index is -0.806. The molecule has 5 nitrogen and oxygen atoms in total. The summed E-state index contributed by atoms with van der Waals surface area (Å²) in [5.74, 6) is 0.215. The van der Waals surface area contributed by atoms with Gasteiger partial charge in [-0.2, -0.15) is 0 Å². The van der Waals surface area contributed by atoms with Crippen LogP contribution in [-0.2, 0) is 20.4 Å². The molecule has 1 aliphatic heterocycles. The van der Waals surface area contributed by atoms with E-state index >= 15 is 0 Å². The minimum absolute atomic E-state index is 0.0650. The average molecular weight is 232 g/mol. The van der Waals surface area contributed by atoms with Crippen LogP contribution in [0.3, 0.4) is 0 Å². The van der Waals surface area contributed by atoms with E-state index < -0.39 is 10.8 Å². The first kappa shape index (κ1) is 12.2. The zero-order chi connectivity index (χ0) is 11.3. The molecular formula is C9H16N2O3S. The Morgan fingerprint density at radius 3 is 2.93 bits per heavy atom. The number of carbonyl (C=O) groups is 2. The standard InChI is InChI=1S/C9H16N2O3S/c1-15(14)4-2-3-10-9(13)7-5-8(12)11-6-7/h7H,2-6H2,1H3,(H,10,13)(H,11,12). The van der Waals surface area contributed by atoms with E-state index in [1.807, 2.05) is 0 Å². The van der Waals surface area contributed by atoms with Gasteiger partial charge in [0.2, 0.25) is 11.8 Å². The normalized spacial score (nSPS) is 22.2. The van der Waals surface area contributed by atoms with E-state index in [9.17, 15) is 13.8 Å². The van der Waals surface area contributed by atoms with Crippen LogP contribution in [0.5, 0.6) is 0 Å². The van der Waals surface area contributed by atoms with E-state index in [0.29, 0.717) is 25.3 Å². The topological polar surface area (TPSA) is 75.3 Å². The Hall–Kier alpha value is -0.910. The molecule has 0 aromatic heterocycles. The van der Waals surface area contributed by atoms with E-state index in [0.717, 1.165) is 0 Å². The zero-order valence-electron chi connectivity index (χ0n) is 8.75. The van der Waals surface area contributed by atoms with E-state index in [1.165, 1.54) is 0 Å². The highest BCUT2D eigenvalue weighted by Gasteiger charge is 2.27. The van der Waals surface area contributed by atoms with Crippen LogP contribution < -0.4 is 10.6 Å². The van der Waals surface area contributed by atoms with Gasteiger partial charge in [0.1, 0.15) is 0 Å². The molecule has 86 valence electrons. The molecule has 2 amide bonds. The van der Waals surface area contributed by atoms with Gasteiger partial charge in [-0.3, -0.25) is 13.8 Å². The summed E-state index contributed by atoms with van der Waals surface area (Å²) in [4.78, 5) is 22.3. The van der Waals surface area contributed by atoms with Crippen LogP contribution >= 0.6 is 0 Å². The highest BCUT2D eigenvalue weighted by molar-refractivity contribution is 7.84. The molecule has 2 N–H and O–H groups in total. The number of carbonyl (C=O) groups excluding carboxylic acids is 2. The lowest BCUT2D eigenvalue weighted by Crippen LogP contribution is -2.33. The van der Waals surface area contributed by atoms with Crippen LogP contribution in [0.1, 0.15) is 12.8 Å². The van der Waals surface area contributed by atoms with Crippen LogP contribution in [0.15, 0.2) is 0 Å². The van der Waals surface area contributed by atoms with Gasteiger partial charge in [-0.15, -0.1) is 0 Å². The molecule has 1 rings (SSSR count). The van der Waals surface area contributed by atoms with Gasteiger partial charge in [-0.1, -0.05) is 0 Å². The molecule has 0 spiro atoms. The zero-order valence-corrected chi connectivity index (χ0v) is 9.56. The van der Waals surface area contributed by atoms with Crippen molar-refractivity contribution in [2.24, 2.45) is 5.92 Å². The molecule has 15 heavy (non-hydrogen) atoms. The minimum Gasteiger partial charge on any atom is -0.356 e. The molecule has 1 aliphatic rings. The van der Waals surface area contributed by atoms with Crippen molar-refractivity contribution in [3.8, 4) is 0 Å². The lowest BCUT2D eigenvalue weighted by molar-refractivity contribution is -0.126. The lowest BCUT2D eigenvalue weighted by atomic mass is 10.1. The summed E-state index contributed by atoms with van der Waals surface area (Å²) in [5, 5.41) is 5.35. The van der Waals surface area contributed by atoms with Crippen molar-refractivity contribution in [3.05, 3.63) is 0 Å². The summed E-state index contributed by atoms with van der Waals surface area (Å²) in [6.45, 7) is 0.966. The Balaban J connectivity index is 2.13. The van der Waals surface area contributed by atoms with Crippen LogP contribution in [0.25, 0.3) is 0 Å². The number of hydrogen-bond donors (Lipinski definition) is 2. The Labute approximate surface area is 91.4 Å². The monoisotopic (exact) mass is 232 g/mol. The van der Waals surface area contributed by atoms with Crippen molar-refractivity contribution in [1.29, 1.82) is 0 Å². The van der Waals surface area contributed by atoms with Gasteiger partial charge in [-0.25, -0.2) is 0 Å². The molecule has 6 heteroatoms. The second-order valence-electron chi connectivity index (χ2n) is 3.63. The highest BCUT2D eigenvalue weighted by Crippen LogP contribution is 2.08. The third-order valence-corrected chi connectivity index (χ3v) is 3.12. The van der Waals surface area contributed by atoms with E-state index in [-0.39, 0.29) is 24.2 Å². The van der Waals surface area contributed by atoms with Gasteiger partial charge in [-0.05, 0) is 6.42 Å². The molecular weight excluding hydrogens is 216 g/mol. The van der Waals surface area contributed by atoms with Crippen LogP contribution in [0.2, 0.25) is 0 Å². The summed E-state index contributed by atoms with van der Waals surface area (Å²) in [6, 6.07) is 0. The molecule has 1 saturated heterocycles. The lowest BCUT2D eigenvalue weighted by Gasteiger charge is -2.08. The molecule has 0 aromatic rings. The van der Waals surface area contributed by atoms with Crippen molar-refractivity contribution < 1.29 is 13.8 Å². The van der Waals surface area contributed by atoms with Gasteiger partial charge < -0.3 is 10.6 Å². The largest absolute Gasteiger partial charge is 0.356 e. The second-order valence-corrected chi connectivity index (χ2v) is 5.18. The van der Waals surface area contributed by atoms with E-state index in [2.05, 4.69) is 10.6 Å². The smallest absolute Gasteiger partial charge is 0.225 e. The first-order valence-electron chi connectivity index (χ1n) is 4.94. The third kappa shape index (κ3) is 4.42. The van der Waals surface area contributed by atoms with Crippen molar-refractivity contribution in [3.63, 3.8) is 0 Å². The molecule has 0 bridgehead atoms. The summed E-state index contributed by atoms with van der Waals surface area (Å²) in [6.07, 6.45) is 2.63. The third-order valence-electron chi connectivity index (χ3n) is 2.26. The Morgan fingerprint density at radius 1 is 1.67 bits per heavy atom. The van der Waals surface area contributed by atoms with Gasteiger partial charge in [0.25, 0.3) is 0 Å². The van der Waals surface area contributed by atoms with Crippen molar-refractivity contribution in [2.45, 2.75) is 12.8 Å². The highest BCUT2D eigenvalue weighted by atomic mass is 32.2. The maximum atomic E-state index is 11.5. The van der Waals surface area contributed by atoms with Crippen molar-refractivity contribution in [2.75, 3.05) is 25.1 Å². The fourth-order valence-electron chi connectivity index (χ4n) is 1.42. The van der Waals surface area contributed by atoms with Crippen LogP contribution in [0, 0.1) is 5.92 Å². The SMILES string of the molecule is CS(=O)CCCNC(=O)C1CNC(=O)C1. The van der Waals surface area contributed by atoms with E-state index in [4.69, 9.17) is 0 Å². The number of amides is 2. The number of rotatable bonds is 5. The van der Waals surface area contributed by atoms with Gasteiger partial charge in [0.15, 0.2) is 0 Å². The fourth-order valence-corrected chi connectivity index (χ4v) is 1.97. The molecule has 0 aliphatic carbocycles. The van der Waals surface area contributed by atoms with Gasteiger partial charge >= 0.3 is 0 Å². The fraction of sp³-hybridized carbons (Fsp3) is 0.778. The predicted octanol–water partition coefficient (Wildman–Crippen LogP) is -0.993. The van der Waals surface area contributed by atoms with Gasteiger partial charge in [0, 0.05) is 42.3 Å². The summed E-state index contributed by atoms with van der Waals surface area (Å²) in [5.41, 5.74) is 0. The maximum Gasteiger partial charge on any atom is 0.225 e. The van der Waals surface area contributed by atoms with Crippen LogP contribution in [-0.4, -0.2) is 41.1 Å². The molecule has 1 heterocycles. The number of hydrogen-bond acceptors (Lipinski definition) is 3.